The van der Waals surface area contributed by atoms with E-state index in [0.29, 0.717) is 22.9 Å². The summed E-state index contributed by atoms with van der Waals surface area (Å²) in [4.78, 5) is 52.0. The molecule has 1 fully saturated rings. The Morgan fingerprint density at radius 1 is 1.09 bits per heavy atom. The summed E-state index contributed by atoms with van der Waals surface area (Å²) in [5.74, 6) is -1.23. The van der Waals surface area contributed by atoms with E-state index in [1.54, 1.807) is 24.3 Å². The number of aromatic nitrogens is 2. The Hall–Kier alpha value is -3.79. The summed E-state index contributed by atoms with van der Waals surface area (Å²) in [7, 11) is 0. The minimum absolute atomic E-state index is 0.0139. The number of amides is 3. The molecular formula is C25H23FN4O4S. The van der Waals surface area contributed by atoms with Crippen molar-refractivity contribution in [1.82, 2.24) is 20.0 Å². The number of imide groups is 1. The zero-order valence-electron chi connectivity index (χ0n) is 19.2. The molecule has 0 spiro atoms. The van der Waals surface area contributed by atoms with Gasteiger partial charge in [-0.3, -0.25) is 24.1 Å². The van der Waals surface area contributed by atoms with E-state index in [2.05, 4.69) is 10.4 Å². The Morgan fingerprint density at radius 3 is 2.46 bits per heavy atom. The Kier molecular flexibility index (Phi) is 7.11. The van der Waals surface area contributed by atoms with Gasteiger partial charge in [0.15, 0.2) is 5.69 Å². The highest BCUT2D eigenvalue weighted by Crippen LogP contribution is 2.31. The van der Waals surface area contributed by atoms with Crippen molar-refractivity contribution < 1.29 is 18.8 Å². The van der Waals surface area contributed by atoms with Gasteiger partial charge in [-0.2, -0.15) is 5.10 Å². The Bertz CT molecular complexity index is 1400. The Labute approximate surface area is 204 Å². The number of nitrogens with one attached hydrogen (secondary N) is 1. The van der Waals surface area contributed by atoms with E-state index >= 15 is 0 Å². The van der Waals surface area contributed by atoms with E-state index in [4.69, 9.17) is 0 Å². The van der Waals surface area contributed by atoms with E-state index in [1.807, 2.05) is 13.8 Å². The van der Waals surface area contributed by atoms with Gasteiger partial charge in [-0.05, 0) is 47.5 Å². The summed E-state index contributed by atoms with van der Waals surface area (Å²) >= 11 is 0.789. The van der Waals surface area contributed by atoms with Gasteiger partial charge in [0.05, 0.1) is 10.3 Å². The van der Waals surface area contributed by atoms with Crippen LogP contribution in [0.1, 0.15) is 29.9 Å². The van der Waals surface area contributed by atoms with E-state index in [9.17, 15) is 23.6 Å². The summed E-state index contributed by atoms with van der Waals surface area (Å²) in [6, 6.07) is 12.3. The second kappa shape index (κ2) is 10.2. The normalized spacial score (nSPS) is 15.0. The highest BCUT2D eigenvalue weighted by Gasteiger charge is 2.34. The molecule has 0 unspecified atom stereocenters. The molecule has 8 nitrogen and oxygen atoms in total. The monoisotopic (exact) mass is 494 g/mol. The molecule has 0 bridgehead atoms. The molecule has 10 heteroatoms. The molecule has 3 aromatic rings. The van der Waals surface area contributed by atoms with Crippen molar-refractivity contribution in [2.75, 3.05) is 13.1 Å². The molecule has 35 heavy (non-hydrogen) atoms. The summed E-state index contributed by atoms with van der Waals surface area (Å²) in [6.07, 6.45) is 1.52. The van der Waals surface area contributed by atoms with E-state index < -0.39 is 22.9 Å². The van der Waals surface area contributed by atoms with E-state index in [-0.39, 0.29) is 35.2 Å². The molecule has 1 saturated heterocycles. The van der Waals surface area contributed by atoms with Gasteiger partial charge in [0, 0.05) is 25.0 Å². The summed E-state index contributed by atoms with van der Waals surface area (Å²) in [5, 5.41) is 7.36. The lowest BCUT2D eigenvalue weighted by atomic mass is 10.1. The van der Waals surface area contributed by atoms with Crippen molar-refractivity contribution in [3.63, 3.8) is 0 Å². The third-order valence-corrected chi connectivity index (χ3v) is 6.19. The van der Waals surface area contributed by atoms with Gasteiger partial charge < -0.3 is 5.32 Å². The SMILES string of the molecule is CC(C)Cn1nc(C(=O)NCCN2C(=O)S/C(=C/c3ccc(F)cc3)C2=O)c2ccccc2c1=O. The molecular weight excluding hydrogens is 471 g/mol. The average molecular weight is 495 g/mol. The number of rotatable bonds is 7. The largest absolute Gasteiger partial charge is 0.349 e. The predicted molar refractivity (Wildman–Crippen MR) is 132 cm³/mol. The number of hydrogen-bond acceptors (Lipinski definition) is 6. The minimum atomic E-state index is -0.507. The Morgan fingerprint density at radius 2 is 1.77 bits per heavy atom. The van der Waals surface area contributed by atoms with E-state index in [0.717, 1.165) is 16.7 Å². The zero-order chi connectivity index (χ0) is 25.1. The Balaban J connectivity index is 1.47. The smallest absolute Gasteiger partial charge is 0.293 e. The number of fused-ring (bicyclic) bond motifs is 1. The van der Waals surface area contributed by atoms with Crippen LogP contribution in [0.3, 0.4) is 0 Å². The quantitative estimate of drug-likeness (QED) is 0.503. The number of carbonyl (C=O) groups is 3. The standard InChI is InChI=1S/C25H23FN4O4S/c1-15(2)14-30-23(32)19-6-4-3-5-18(19)21(28-30)22(31)27-11-12-29-24(33)20(35-25(29)34)13-16-7-9-17(26)10-8-16/h3-10,13,15H,11-12,14H2,1-2H3,(H,27,31)/b20-13+. The lowest BCUT2D eigenvalue weighted by Crippen LogP contribution is -2.38. The van der Waals surface area contributed by atoms with Gasteiger partial charge in [0.25, 0.3) is 22.6 Å². The molecule has 0 atom stereocenters. The molecule has 1 N–H and O–H groups in total. The number of halogens is 1. The molecule has 2 heterocycles. The molecule has 180 valence electrons. The van der Waals surface area contributed by atoms with Gasteiger partial charge >= 0.3 is 0 Å². The molecule has 1 aliphatic heterocycles. The van der Waals surface area contributed by atoms with Gasteiger partial charge in [0.1, 0.15) is 5.82 Å². The third kappa shape index (κ3) is 5.32. The minimum Gasteiger partial charge on any atom is -0.349 e. The molecule has 4 rings (SSSR count). The van der Waals surface area contributed by atoms with Crippen LogP contribution < -0.4 is 10.9 Å². The second-order valence-corrected chi connectivity index (χ2v) is 9.41. The van der Waals surface area contributed by atoms with Gasteiger partial charge in [-0.15, -0.1) is 0 Å². The first-order valence-electron chi connectivity index (χ1n) is 11.0. The molecule has 0 aliphatic carbocycles. The molecule has 3 amide bonds. The molecule has 1 aromatic heterocycles. The van der Waals surface area contributed by atoms with Crippen molar-refractivity contribution in [2.24, 2.45) is 5.92 Å². The average Bonchev–Trinajstić information content (AvgIpc) is 3.09. The fourth-order valence-corrected chi connectivity index (χ4v) is 4.51. The molecule has 2 aromatic carbocycles. The topological polar surface area (TPSA) is 101 Å². The highest BCUT2D eigenvalue weighted by atomic mass is 32.2. The lowest BCUT2D eigenvalue weighted by Gasteiger charge is -2.14. The maximum atomic E-state index is 13.1. The number of nitrogens with zero attached hydrogens (tertiary/aromatic N) is 3. The van der Waals surface area contributed by atoms with Crippen LogP contribution >= 0.6 is 11.8 Å². The highest BCUT2D eigenvalue weighted by molar-refractivity contribution is 8.18. The second-order valence-electron chi connectivity index (χ2n) is 8.42. The van der Waals surface area contributed by atoms with Crippen LogP contribution in [-0.4, -0.2) is 44.8 Å². The summed E-state index contributed by atoms with van der Waals surface area (Å²) in [6.45, 7) is 4.25. The summed E-state index contributed by atoms with van der Waals surface area (Å²) in [5.41, 5.74) is 0.433. The fraction of sp³-hybridized carbons (Fsp3) is 0.240. The lowest BCUT2D eigenvalue weighted by molar-refractivity contribution is -0.122. The first-order valence-corrected chi connectivity index (χ1v) is 11.8. The van der Waals surface area contributed by atoms with Crippen molar-refractivity contribution in [1.29, 1.82) is 0 Å². The van der Waals surface area contributed by atoms with Crippen LogP contribution in [-0.2, 0) is 11.3 Å². The van der Waals surface area contributed by atoms with Crippen LogP contribution in [0.15, 0.2) is 58.2 Å². The predicted octanol–water partition coefficient (Wildman–Crippen LogP) is 3.66. The maximum absolute atomic E-state index is 13.1. The first kappa shape index (κ1) is 24.3. The van der Waals surface area contributed by atoms with E-state index in [1.165, 1.54) is 35.0 Å². The van der Waals surface area contributed by atoms with Crippen molar-refractivity contribution in [3.8, 4) is 0 Å². The number of benzene rings is 2. The number of hydrogen-bond donors (Lipinski definition) is 1. The maximum Gasteiger partial charge on any atom is 0.293 e. The third-order valence-electron chi connectivity index (χ3n) is 5.28. The van der Waals surface area contributed by atoms with Crippen LogP contribution in [0.5, 0.6) is 0 Å². The van der Waals surface area contributed by atoms with Crippen LogP contribution in [0.4, 0.5) is 9.18 Å². The summed E-state index contributed by atoms with van der Waals surface area (Å²) < 4.78 is 14.4. The van der Waals surface area contributed by atoms with Gasteiger partial charge in [-0.25, -0.2) is 9.07 Å². The number of carbonyl (C=O) groups excluding carboxylic acids is 3. The van der Waals surface area contributed by atoms with Crippen molar-refractivity contribution in [3.05, 3.63) is 80.9 Å². The van der Waals surface area contributed by atoms with Gasteiger partial charge in [0.2, 0.25) is 0 Å². The number of thioether (sulfide) groups is 1. The van der Waals surface area contributed by atoms with Gasteiger partial charge in [-0.1, -0.05) is 44.2 Å². The molecule has 0 saturated carbocycles. The fourth-order valence-electron chi connectivity index (χ4n) is 3.64. The molecule has 0 radical (unpaired) electrons. The van der Waals surface area contributed by atoms with Crippen molar-refractivity contribution >= 4 is 45.7 Å². The van der Waals surface area contributed by atoms with Crippen LogP contribution in [0, 0.1) is 11.7 Å². The van der Waals surface area contributed by atoms with Crippen LogP contribution in [0.2, 0.25) is 0 Å². The van der Waals surface area contributed by atoms with Crippen LogP contribution in [0.25, 0.3) is 16.8 Å². The van der Waals surface area contributed by atoms with Crippen molar-refractivity contribution in [2.45, 2.75) is 20.4 Å². The first-order chi connectivity index (χ1) is 16.7. The molecule has 1 aliphatic rings. The zero-order valence-corrected chi connectivity index (χ0v) is 20.0.